The molecule has 0 spiro atoms. The first kappa shape index (κ1) is 60.6. The number of unbranched alkanes of at least 4 members (excludes halogenated alkanes) is 25. The van der Waals surface area contributed by atoms with Gasteiger partial charge in [0.15, 0.2) is 6.10 Å². The van der Waals surface area contributed by atoms with E-state index < -0.39 is 6.10 Å². The van der Waals surface area contributed by atoms with E-state index in [0.29, 0.717) is 19.3 Å². The maximum atomic E-state index is 12.8. The molecular weight excluding hydrogens is 793 g/mol. The SMILES string of the molecule is CC/C=C\C/C=C\C/C=C\CCCCCCCCC(=O)OC(COC(=O)CCCCCCC\C=C/C=C\C=C/C=C\CCCCC)COC(=O)CCCCCCCCCCCCCC. The Morgan fingerprint density at radius 3 is 1.12 bits per heavy atom. The van der Waals surface area contributed by atoms with Crippen molar-refractivity contribution in [2.45, 2.75) is 252 Å². The van der Waals surface area contributed by atoms with Gasteiger partial charge in [-0.15, -0.1) is 0 Å². The zero-order valence-electron chi connectivity index (χ0n) is 41.8. The van der Waals surface area contributed by atoms with Crippen LogP contribution in [0.1, 0.15) is 245 Å². The van der Waals surface area contributed by atoms with Crippen LogP contribution in [0.25, 0.3) is 0 Å². The maximum absolute atomic E-state index is 12.8. The third-order valence-corrected chi connectivity index (χ3v) is 11.2. The lowest BCUT2D eigenvalue weighted by atomic mass is 10.0. The molecule has 0 fully saturated rings. The minimum absolute atomic E-state index is 0.0887. The summed E-state index contributed by atoms with van der Waals surface area (Å²) in [6.07, 6.45) is 67.0. The lowest BCUT2D eigenvalue weighted by Crippen LogP contribution is -2.30. The van der Waals surface area contributed by atoms with Crippen molar-refractivity contribution in [1.29, 1.82) is 0 Å². The minimum atomic E-state index is -0.792. The van der Waals surface area contributed by atoms with Gasteiger partial charge in [-0.2, -0.15) is 0 Å². The first-order chi connectivity index (χ1) is 31.5. The zero-order chi connectivity index (χ0) is 46.5. The fourth-order valence-electron chi connectivity index (χ4n) is 7.23. The van der Waals surface area contributed by atoms with Crippen LogP contribution in [0, 0.1) is 0 Å². The molecule has 0 saturated carbocycles. The second-order valence-electron chi connectivity index (χ2n) is 17.5. The number of hydrogen-bond acceptors (Lipinski definition) is 6. The van der Waals surface area contributed by atoms with Gasteiger partial charge in [-0.25, -0.2) is 0 Å². The molecular formula is C58H98O6. The van der Waals surface area contributed by atoms with Crippen molar-refractivity contribution in [2.75, 3.05) is 13.2 Å². The Balaban J connectivity index is 4.45. The van der Waals surface area contributed by atoms with Crippen molar-refractivity contribution in [3.8, 4) is 0 Å². The van der Waals surface area contributed by atoms with E-state index in [-0.39, 0.29) is 31.1 Å². The van der Waals surface area contributed by atoms with Crippen LogP contribution < -0.4 is 0 Å². The molecule has 0 N–H and O–H groups in total. The van der Waals surface area contributed by atoms with Crippen LogP contribution in [0.2, 0.25) is 0 Å². The molecule has 0 rings (SSSR count). The first-order valence-corrected chi connectivity index (χ1v) is 26.6. The number of esters is 3. The third-order valence-electron chi connectivity index (χ3n) is 11.2. The Labute approximate surface area is 395 Å². The summed E-state index contributed by atoms with van der Waals surface area (Å²) in [7, 11) is 0. The lowest BCUT2D eigenvalue weighted by molar-refractivity contribution is -0.167. The quantitative estimate of drug-likeness (QED) is 0.0199. The van der Waals surface area contributed by atoms with Crippen molar-refractivity contribution in [3.05, 3.63) is 85.1 Å². The molecule has 0 aromatic heterocycles. The number of hydrogen-bond donors (Lipinski definition) is 0. The molecule has 0 aliphatic rings. The molecule has 366 valence electrons. The van der Waals surface area contributed by atoms with Gasteiger partial charge < -0.3 is 14.2 Å². The van der Waals surface area contributed by atoms with Crippen molar-refractivity contribution in [2.24, 2.45) is 0 Å². The Kier molecular flexibility index (Phi) is 49.4. The molecule has 1 atom stereocenters. The monoisotopic (exact) mass is 891 g/mol. The smallest absolute Gasteiger partial charge is 0.306 e. The zero-order valence-corrected chi connectivity index (χ0v) is 41.8. The Bertz CT molecular complexity index is 1250. The summed E-state index contributed by atoms with van der Waals surface area (Å²) in [4.78, 5) is 38.0. The number of ether oxygens (including phenoxy) is 3. The van der Waals surface area contributed by atoms with E-state index in [0.717, 1.165) is 116 Å². The molecule has 1 unspecified atom stereocenters. The summed E-state index contributed by atoms with van der Waals surface area (Å²) in [5, 5.41) is 0. The maximum Gasteiger partial charge on any atom is 0.306 e. The number of allylic oxidation sites excluding steroid dienone is 14. The molecule has 64 heavy (non-hydrogen) atoms. The number of rotatable bonds is 47. The summed E-state index contributed by atoms with van der Waals surface area (Å²) < 4.78 is 16.8. The van der Waals surface area contributed by atoms with E-state index in [1.807, 2.05) is 0 Å². The summed E-state index contributed by atoms with van der Waals surface area (Å²) in [6.45, 7) is 6.46. The first-order valence-electron chi connectivity index (χ1n) is 26.6. The van der Waals surface area contributed by atoms with Crippen LogP contribution in [0.3, 0.4) is 0 Å². The minimum Gasteiger partial charge on any atom is -0.462 e. The van der Waals surface area contributed by atoms with E-state index in [1.165, 1.54) is 89.9 Å². The number of carbonyl (C=O) groups excluding carboxylic acids is 3. The summed E-state index contributed by atoms with van der Waals surface area (Å²) >= 11 is 0. The topological polar surface area (TPSA) is 78.9 Å². The van der Waals surface area contributed by atoms with Crippen LogP contribution in [-0.2, 0) is 28.6 Å². The Morgan fingerprint density at radius 1 is 0.344 bits per heavy atom. The van der Waals surface area contributed by atoms with Crippen LogP contribution in [0.5, 0.6) is 0 Å². The van der Waals surface area contributed by atoms with E-state index in [4.69, 9.17) is 14.2 Å². The molecule has 0 aromatic carbocycles. The molecule has 0 amide bonds. The molecule has 0 aromatic rings. The highest BCUT2D eigenvalue weighted by Gasteiger charge is 2.19. The molecule has 6 heteroatoms. The normalized spacial score (nSPS) is 12.7. The molecule has 0 aliphatic carbocycles. The van der Waals surface area contributed by atoms with Crippen molar-refractivity contribution < 1.29 is 28.6 Å². The number of carbonyl (C=O) groups is 3. The van der Waals surface area contributed by atoms with Crippen LogP contribution >= 0.6 is 0 Å². The van der Waals surface area contributed by atoms with E-state index in [9.17, 15) is 14.4 Å². The van der Waals surface area contributed by atoms with Crippen molar-refractivity contribution in [1.82, 2.24) is 0 Å². The highest BCUT2D eigenvalue weighted by Crippen LogP contribution is 2.15. The average Bonchev–Trinajstić information content (AvgIpc) is 3.29. The van der Waals surface area contributed by atoms with Gasteiger partial charge in [0, 0.05) is 19.3 Å². The van der Waals surface area contributed by atoms with Gasteiger partial charge >= 0.3 is 17.9 Å². The van der Waals surface area contributed by atoms with Gasteiger partial charge in [-0.1, -0.05) is 234 Å². The summed E-state index contributed by atoms with van der Waals surface area (Å²) in [6, 6.07) is 0. The Morgan fingerprint density at radius 2 is 0.672 bits per heavy atom. The van der Waals surface area contributed by atoms with Gasteiger partial charge in [0.2, 0.25) is 0 Å². The summed E-state index contributed by atoms with van der Waals surface area (Å²) in [5.74, 6) is -0.924. The Hall–Kier alpha value is -3.41. The van der Waals surface area contributed by atoms with Gasteiger partial charge in [0.05, 0.1) is 0 Å². The second kappa shape index (κ2) is 52.2. The van der Waals surface area contributed by atoms with Gasteiger partial charge in [-0.05, 0) is 77.0 Å². The average molecular weight is 891 g/mol. The predicted molar refractivity (Wildman–Crippen MR) is 274 cm³/mol. The van der Waals surface area contributed by atoms with E-state index >= 15 is 0 Å². The molecule has 0 saturated heterocycles. The van der Waals surface area contributed by atoms with Gasteiger partial charge in [-0.3, -0.25) is 14.4 Å². The molecule has 0 bridgehead atoms. The summed E-state index contributed by atoms with van der Waals surface area (Å²) in [5.41, 5.74) is 0. The van der Waals surface area contributed by atoms with E-state index in [1.54, 1.807) is 0 Å². The van der Waals surface area contributed by atoms with E-state index in [2.05, 4.69) is 106 Å². The second-order valence-corrected chi connectivity index (χ2v) is 17.5. The molecule has 0 heterocycles. The van der Waals surface area contributed by atoms with Crippen LogP contribution in [0.15, 0.2) is 85.1 Å². The highest BCUT2D eigenvalue weighted by atomic mass is 16.6. The lowest BCUT2D eigenvalue weighted by Gasteiger charge is -2.18. The van der Waals surface area contributed by atoms with Gasteiger partial charge in [0.1, 0.15) is 13.2 Å². The fraction of sp³-hybridized carbons (Fsp3) is 0.707. The highest BCUT2D eigenvalue weighted by molar-refractivity contribution is 5.71. The fourth-order valence-corrected chi connectivity index (χ4v) is 7.23. The molecule has 6 nitrogen and oxygen atoms in total. The van der Waals surface area contributed by atoms with Crippen molar-refractivity contribution >= 4 is 17.9 Å². The standard InChI is InChI=1S/C58H98O6/c1-4-7-10-13-16-19-22-25-27-29-30-32-33-36-39-42-45-48-51-57(60)63-54-55(53-62-56(59)50-47-44-41-38-35-24-21-18-15-12-9-6-3)64-58(61)52-49-46-43-40-37-34-31-28-26-23-20-17-14-11-8-5-2/h8,11,16-17,19-20,22,25-30,32,55H,4-7,9-10,12-15,18,21,23-24,31,33-54H2,1-3H3/b11-8-,19-16-,20-17-,25-22-,28-26-,29-27-,32-30-. The largest absolute Gasteiger partial charge is 0.462 e. The van der Waals surface area contributed by atoms with Crippen LogP contribution in [0.4, 0.5) is 0 Å². The van der Waals surface area contributed by atoms with Crippen LogP contribution in [-0.4, -0.2) is 37.2 Å². The van der Waals surface area contributed by atoms with Gasteiger partial charge in [0.25, 0.3) is 0 Å². The van der Waals surface area contributed by atoms with Crippen molar-refractivity contribution in [3.63, 3.8) is 0 Å². The molecule has 0 aliphatic heterocycles. The predicted octanol–water partition coefficient (Wildman–Crippen LogP) is 17.6. The third kappa shape index (κ3) is 49.6. The molecule has 0 radical (unpaired) electrons.